The number of ether oxygens (including phenoxy) is 1. The molecule has 0 aromatic carbocycles. The van der Waals surface area contributed by atoms with Gasteiger partial charge in [-0.2, -0.15) is 0 Å². The zero-order valence-corrected chi connectivity index (χ0v) is 13.7. The molecule has 4 unspecified atom stereocenters. The Bertz CT molecular complexity index is 350. The second-order valence-corrected chi connectivity index (χ2v) is 7.42. The fourth-order valence-electron chi connectivity index (χ4n) is 4.01. The van der Waals surface area contributed by atoms with E-state index in [2.05, 4.69) is 26.1 Å². The molecule has 2 aliphatic rings. The van der Waals surface area contributed by atoms with Gasteiger partial charge < -0.3 is 15.2 Å². The molecule has 4 heteroatoms. The standard InChI is InChI=1S/C17H31NO3/c1-12-15(9-8-14(16(19)20)17(12,2)3)18-10-4-6-13-7-5-11-21-13/h12-15,18H,4-11H2,1-3H3,(H,19,20). The number of hydrogen-bond donors (Lipinski definition) is 2. The molecular weight excluding hydrogens is 266 g/mol. The Morgan fingerprint density at radius 1 is 1.33 bits per heavy atom. The lowest BCUT2D eigenvalue weighted by Crippen LogP contribution is -2.51. The minimum absolute atomic E-state index is 0.143. The Kier molecular flexibility index (Phi) is 5.67. The summed E-state index contributed by atoms with van der Waals surface area (Å²) in [5.74, 6) is -0.462. The summed E-state index contributed by atoms with van der Waals surface area (Å²) in [6.45, 7) is 8.37. The van der Waals surface area contributed by atoms with Crippen LogP contribution in [-0.2, 0) is 9.53 Å². The van der Waals surface area contributed by atoms with E-state index >= 15 is 0 Å². The van der Waals surface area contributed by atoms with Crippen LogP contribution in [-0.4, -0.2) is 36.4 Å². The molecule has 1 saturated heterocycles. The van der Waals surface area contributed by atoms with Gasteiger partial charge in [-0.05, 0) is 56.4 Å². The van der Waals surface area contributed by atoms with E-state index in [1.54, 1.807) is 0 Å². The van der Waals surface area contributed by atoms with E-state index in [-0.39, 0.29) is 11.3 Å². The fourth-order valence-corrected chi connectivity index (χ4v) is 4.01. The normalized spacial score (nSPS) is 35.8. The molecule has 0 aromatic heterocycles. The third-order valence-electron chi connectivity index (χ3n) is 5.87. The van der Waals surface area contributed by atoms with Gasteiger partial charge in [0.25, 0.3) is 0 Å². The molecule has 2 rings (SSSR count). The summed E-state index contributed by atoms with van der Waals surface area (Å²) in [6, 6.07) is 0.445. The predicted octanol–water partition coefficient (Wildman–Crippen LogP) is 3.06. The first-order valence-corrected chi connectivity index (χ1v) is 8.50. The third-order valence-corrected chi connectivity index (χ3v) is 5.87. The fraction of sp³-hybridized carbons (Fsp3) is 0.941. The second-order valence-electron chi connectivity index (χ2n) is 7.42. The largest absolute Gasteiger partial charge is 0.481 e. The minimum Gasteiger partial charge on any atom is -0.481 e. The number of carbonyl (C=O) groups is 1. The SMILES string of the molecule is CC1C(NCCCC2CCCO2)CCC(C(=O)O)C1(C)C. The van der Waals surface area contributed by atoms with Crippen LogP contribution in [0.1, 0.15) is 59.3 Å². The van der Waals surface area contributed by atoms with Gasteiger partial charge in [0.1, 0.15) is 0 Å². The molecule has 1 heterocycles. The Morgan fingerprint density at radius 3 is 2.71 bits per heavy atom. The highest BCUT2D eigenvalue weighted by Crippen LogP contribution is 2.45. The molecule has 122 valence electrons. The average molecular weight is 297 g/mol. The molecule has 1 saturated carbocycles. The lowest BCUT2D eigenvalue weighted by atomic mass is 9.61. The van der Waals surface area contributed by atoms with E-state index in [0.29, 0.717) is 18.1 Å². The minimum atomic E-state index is -0.635. The molecule has 0 spiro atoms. The van der Waals surface area contributed by atoms with Crippen molar-refractivity contribution in [2.75, 3.05) is 13.2 Å². The highest BCUT2D eigenvalue weighted by molar-refractivity contribution is 5.71. The van der Waals surface area contributed by atoms with Crippen molar-refractivity contribution in [2.45, 2.75) is 71.4 Å². The van der Waals surface area contributed by atoms with Crippen molar-refractivity contribution in [1.29, 1.82) is 0 Å². The van der Waals surface area contributed by atoms with Gasteiger partial charge in [-0.25, -0.2) is 0 Å². The Morgan fingerprint density at radius 2 is 2.10 bits per heavy atom. The molecule has 2 N–H and O–H groups in total. The van der Waals surface area contributed by atoms with E-state index in [9.17, 15) is 9.90 Å². The molecule has 1 aliphatic heterocycles. The number of nitrogens with one attached hydrogen (secondary N) is 1. The van der Waals surface area contributed by atoms with Crippen LogP contribution in [0.4, 0.5) is 0 Å². The molecular formula is C17H31NO3. The highest BCUT2D eigenvalue weighted by Gasteiger charge is 2.45. The van der Waals surface area contributed by atoms with Crippen molar-refractivity contribution in [3.63, 3.8) is 0 Å². The van der Waals surface area contributed by atoms with Crippen LogP contribution in [0.25, 0.3) is 0 Å². The lowest BCUT2D eigenvalue weighted by molar-refractivity contribution is -0.150. The van der Waals surface area contributed by atoms with Gasteiger partial charge in [0.2, 0.25) is 0 Å². The van der Waals surface area contributed by atoms with Gasteiger partial charge in [0.05, 0.1) is 12.0 Å². The van der Waals surface area contributed by atoms with E-state index in [0.717, 1.165) is 38.8 Å². The first kappa shape index (κ1) is 16.8. The van der Waals surface area contributed by atoms with Crippen molar-refractivity contribution < 1.29 is 14.6 Å². The van der Waals surface area contributed by atoms with E-state index in [1.165, 1.54) is 12.8 Å². The number of hydrogen-bond acceptors (Lipinski definition) is 3. The van der Waals surface area contributed by atoms with Crippen LogP contribution in [0, 0.1) is 17.3 Å². The number of aliphatic carboxylic acids is 1. The molecule has 2 fully saturated rings. The van der Waals surface area contributed by atoms with Gasteiger partial charge in [-0.3, -0.25) is 4.79 Å². The smallest absolute Gasteiger partial charge is 0.307 e. The van der Waals surface area contributed by atoms with Crippen molar-refractivity contribution in [3.8, 4) is 0 Å². The second kappa shape index (κ2) is 7.10. The summed E-state index contributed by atoms with van der Waals surface area (Å²) in [5.41, 5.74) is -0.143. The molecule has 0 bridgehead atoms. The van der Waals surface area contributed by atoms with Crippen LogP contribution in [0.3, 0.4) is 0 Å². The molecule has 0 radical (unpaired) electrons. The van der Waals surface area contributed by atoms with Crippen molar-refractivity contribution >= 4 is 5.97 Å². The first-order chi connectivity index (χ1) is 9.93. The average Bonchev–Trinajstić information content (AvgIpc) is 2.92. The maximum atomic E-state index is 11.4. The van der Waals surface area contributed by atoms with E-state index in [1.807, 2.05) is 0 Å². The van der Waals surface area contributed by atoms with Crippen LogP contribution in [0.15, 0.2) is 0 Å². The predicted molar refractivity (Wildman–Crippen MR) is 83.3 cm³/mol. The third kappa shape index (κ3) is 3.98. The van der Waals surface area contributed by atoms with Gasteiger partial charge in [-0.1, -0.05) is 20.8 Å². The molecule has 4 atom stereocenters. The van der Waals surface area contributed by atoms with Gasteiger partial charge in [0, 0.05) is 12.6 Å². The maximum absolute atomic E-state index is 11.4. The van der Waals surface area contributed by atoms with Gasteiger partial charge in [0.15, 0.2) is 0 Å². The van der Waals surface area contributed by atoms with E-state index in [4.69, 9.17) is 4.74 Å². The molecule has 0 aromatic rings. The molecule has 1 aliphatic carbocycles. The zero-order chi connectivity index (χ0) is 15.5. The van der Waals surface area contributed by atoms with Crippen molar-refractivity contribution in [2.24, 2.45) is 17.3 Å². The lowest BCUT2D eigenvalue weighted by Gasteiger charge is -2.46. The number of carboxylic acid groups (broad SMARTS) is 1. The van der Waals surface area contributed by atoms with Crippen LogP contribution in [0.2, 0.25) is 0 Å². The van der Waals surface area contributed by atoms with E-state index < -0.39 is 5.97 Å². The quantitative estimate of drug-likeness (QED) is 0.740. The van der Waals surface area contributed by atoms with Crippen molar-refractivity contribution in [1.82, 2.24) is 5.32 Å². The Hall–Kier alpha value is -0.610. The summed E-state index contributed by atoms with van der Waals surface area (Å²) in [6.07, 6.45) is 6.96. The summed E-state index contributed by atoms with van der Waals surface area (Å²) in [5, 5.41) is 13.0. The molecule has 4 nitrogen and oxygen atoms in total. The summed E-state index contributed by atoms with van der Waals surface area (Å²) < 4.78 is 5.65. The van der Waals surface area contributed by atoms with Crippen LogP contribution >= 0.6 is 0 Å². The van der Waals surface area contributed by atoms with Crippen molar-refractivity contribution in [3.05, 3.63) is 0 Å². The molecule has 0 amide bonds. The summed E-state index contributed by atoms with van der Waals surface area (Å²) >= 11 is 0. The van der Waals surface area contributed by atoms with Crippen LogP contribution in [0.5, 0.6) is 0 Å². The first-order valence-electron chi connectivity index (χ1n) is 8.50. The number of carboxylic acids is 1. The monoisotopic (exact) mass is 297 g/mol. The van der Waals surface area contributed by atoms with Gasteiger partial charge >= 0.3 is 5.97 Å². The molecule has 21 heavy (non-hydrogen) atoms. The number of rotatable bonds is 6. The Balaban J connectivity index is 1.75. The zero-order valence-electron chi connectivity index (χ0n) is 13.7. The van der Waals surface area contributed by atoms with Crippen LogP contribution < -0.4 is 5.32 Å². The maximum Gasteiger partial charge on any atom is 0.307 e. The van der Waals surface area contributed by atoms with Gasteiger partial charge in [-0.15, -0.1) is 0 Å². The topological polar surface area (TPSA) is 58.6 Å². The highest BCUT2D eigenvalue weighted by atomic mass is 16.5. The summed E-state index contributed by atoms with van der Waals surface area (Å²) in [4.78, 5) is 11.4. The summed E-state index contributed by atoms with van der Waals surface area (Å²) in [7, 11) is 0. The Labute approximate surface area is 128 Å².